The molecule has 0 aliphatic heterocycles. The minimum Gasteiger partial charge on any atom is -0.506 e. The number of phenols is 1. The third-order valence-electron chi connectivity index (χ3n) is 3.87. The molecule has 0 aliphatic rings. The Morgan fingerprint density at radius 2 is 2.08 bits per heavy atom. The number of halogens is 1. The maximum absolute atomic E-state index is 10.1. The van der Waals surface area contributed by atoms with Crippen LogP contribution in [0.25, 0.3) is 22.6 Å². The van der Waals surface area contributed by atoms with Crippen molar-refractivity contribution in [1.29, 1.82) is 0 Å². The summed E-state index contributed by atoms with van der Waals surface area (Å²) in [6.07, 6.45) is 5.05. The molecular weight excluding hydrogens is 394 g/mol. The second-order valence-corrected chi connectivity index (χ2v) is 6.71. The first kappa shape index (κ1) is 16.5. The zero-order chi connectivity index (χ0) is 18.1. The van der Waals surface area contributed by atoms with Crippen LogP contribution in [0.3, 0.4) is 0 Å². The Kier molecular flexibility index (Phi) is 4.26. The van der Waals surface area contributed by atoms with Gasteiger partial charge in [-0.1, -0.05) is 0 Å². The molecule has 4 rings (SSSR count). The maximum atomic E-state index is 10.1. The molecule has 2 aromatic heterocycles. The number of aryl methyl sites for hydroxylation is 1. The van der Waals surface area contributed by atoms with E-state index in [4.69, 9.17) is 4.42 Å². The van der Waals surface area contributed by atoms with E-state index in [1.54, 1.807) is 18.6 Å². The largest absolute Gasteiger partial charge is 0.506 e. The number of hydrogen-bond acceptors (Lipinski definition) is 5. The van der Waals surface area contributed by atoms with Crippen LogP contribution in [0.5, 0.6) is 5.75 Å². The molecule has 4 aromatic rings. The number of fused-ring (bicyclic) bond motifs is 1. The maximum Gasteiger partial charge on any atom is 0.228 e. The second kappa shape index (κ2) is 6.72. The smallest absolute Gasteiger partial charge is 0.228 e. The van der Waals surface area contributed by atoms with Gasteiger partial charge in [-0.2, -0.15) is 0 Å². The highest BCUT2D eigenvalue weighted by Crippen LogP contribution is 2.30. The van der Waals surface area contributed by atoms with Gasteiger partial charge in [0.05, 0.1) is 15.7 Å². The summed E-state index contributed by atoms with van der Waals surface area (Å²) in [6.45, 7) is 1.96. The number of nitrogens with zero attached hydrogens (tertiary/aromatic N) is 3. The number of rotatable bonds is 3. The third kappa shape index (κ3) is 3.23. The molecule has 5 nitrogen and oxygen atoms in total. The Labute approximate surface area is 158 Å². The van der Waals surface area contributed by atoms with Gasteiger partial charge < -0.3 is 9.52 Å². The molecule has 0 amide bonds. The monoisotopic (exact) mass is 407 g/mol. The lowest BCUT2D eigenvalue weighted by Crippen LogP contribution is -1.86. The van der Waals surface area contributed by atoms with Crippen LogP contribution < -0.4 is 0 Å². The van der Waals surface area contributed by atoms with Crippen molar-refractivity contribution in [2.24, 2.45) is 4.99 Å². The summed E-state index contributed by atoms with van der Waals surface area (Å²) in [4.78, 5) is 13.0. The minimum absolute atomic E-state index is 0.167. The Balaban J connectivity index is 1.68. The Bertz CT molecular complexity index is 1120. The summed E-state index contributed by atoms with van der Waals surface area (Å²) in [5.41, 5.74) is 4.62. The summed E-state index contributed by atoms with van der Waals surface area (Å²) in [6, 6.07) is 13.0. The van der Waals surface area contributed by atoms with Crippen molar-refractivity contribution >= 4 is 38.9 Å². The lowest BCUT2D eigenvalue weighted by molar-refractivity contribution is 0.471. The van der Waals surface area contributed by atoms with E-state index in [0.29, 0.717) is 27.0 Å². The van der Waals surface area contributed by atoms with Crippen LogP contribution in [0.2, 0.25) is 0 Å². The van der Waals surface area contributed by atoms with Crippen molar-refractivity contribution in [3.63, 3.8) is 0 Å². The first-order valence-electron chi connectivity index (χ1n) is 7.94. The highest BCUT2D eigenvalue weighted by atomic mass is 79.9. The Hall–Kier alpha value is -2.99. The van der Waals surface area contributed by atoms with E-state index in [0.717, 1.165) is 16.8 Å². The molecule has 26 heavy (non-hydrogen) atoms. The number of benzene rings is 2. The number of hydrogen-bond donors (Lipinski definition) is 1. The molecule has 0 atom stereocenters. The summed E-state index contributed by atoms with van der Waals surface area (Å²) in [7, 11) is 0. The van der Waals surface area contributed by atoms with Crippen molar-refractivity contribution in [3.8, 4) is 17.2 Å². The fourth-order valence-electron chi connectivity index (χ4n) is 2.61. The number of aromatic nitrogens is 2. The molecular formula is C20H14BrN3O2. The summed E-state index contributed by atoms with van der Waals surface area (Å²) in [5, 5.41) is 10.1. The van der Waals surface area contributed by atoms with Crippen molar-refractivity contribution in [1.82, 2.24) is 9.97 Å². The summed E-state index contributed by atoms with van der Waals surface area (Å²) in [5.74, 6) is 0.690. The second-order valence-electron chi connectivity index (χ2n) is 5.86. The predicted octanol–water partition coefficient (Wildman–Crippen LogP) is 5.42. The molecule has 0 unspecified atom stereocenters. The Morgan fingerprint density at radius 1 is 1.19 bits per heavy atom. The van der Waals surface area contributed by atoms with E-state index < -0.39 is 0 Å². The van der Waals surface area contributed by atoms with Gasteiger partial charge in [0.1, 0.15) is 11.3 Å². The van der Waals surface area contributed by atoms with E-state index in [2.05, 4.69) is 30.9 Å². The third-order valence-corrected chi connectivity index (χ3v) is 4.47. The molecule has 0 saturated carbocycles. The van der Waals surface area contributed by atoms with Gasteiger partial charge in [-0.25, -0.2) is 4.98 Å². The van der Waals surface area contributed by atoms with E-state index in [9.17, 15) is 5.11 Å². The van der Waals surface area contributed by atoms with Crippen molar-refractivity contribution < 1.29 is 9.52 Å². The highest BCUT2D eigenvalue weighted by Gasteiger charge is 2.09. The molecule has 6 heteroatoms. The average molecular weight is 408 g/mol. The fourth-order valence-corrected chi connectivity index (χ4v) is 3.20. The predicted molar refractivity (Wildman–Crippen MR) is 105 cm³/mol. The van der Waals surface area contributed by atoms with Crippen LogP contribution >= 0.6 is 15.9 Å². The molecule has 2 heterocycles. The average Bonchev–Trinajstić information content (AvgIpc) is 3.07. The van der Waals surface area contributed by atoms with Gasteiger partial charge in [0, 0.05) is 24.2 Å². The lowest BCUT2D eigenvalue weighted by atomic mass is 10.1. The molecule has 2 aromatic carbocycles. The molecule has 1 N–H and O–H groups in total. The van der Waals surface area contributed by atoms with Gasteiger partial charge in [0.2, 0.25) is 5.89 Å². The normalized spacial score (nSPS) is 11.5. The standard InChI is InChI=1S/C20H14BrN3O2/c1-12-7-14(19(25)16(21)8-12)11-23-15-4-5-18-17(9-15)24-20(26-18)13-3-2-6-22-10-13/h2-11,25H,1H3. The summed E-state index contributed by atoms with van der Waals surface area (Å²) >= 11 is 3.34. The molecule has 0 saturated heterocycles. The van der Waals surface area contributed by atoms with Crippen LogP contribution in [0.4, 0.5) is 5.69 Å². The zero-order valence-electron chi connectivity index (χ0n) is 13.8. The molecule has 0 radical (unpaired) electrons. The Morgan fingerprint density at radius 3 is 2.88 bits per heavy atom. The quantitative estimate of drug-likeness (QED) is 0.460. The van der Waals surface area contributed by atoms with Crippen molar-refractivity contribution in [2.75, 3.05) is 0 Å². The van der Waals surface area contributed by atoms with Crippen LogP contribution in [-0.4, -0.2) is 21.3 Å². The van der Waals surface area contributed by atoms with Crippen LogP contribution in [0.15, 0.2) is 68.7 Å². The fraction of sp³-hybridized carbons (Fsp3) is 0.0500. The van der Waals surface area contributed by atoms with Gasteiger partial charge in [-0.3, -0.25) is 9.98 Å². The molecule has 128 valence electrons. The molecule has 0 aliphatic carbocycles. The SMILES string of the molecule is Cc1cc(Br)c(O)c(C=Nc2ccc3oc(-c4cccnc4)nc3c2)c1. The lowest BCUT2D eigenvalue weighted by Gasteiger charge is -2.03. The van der Waals surface area contributed by atoms with Crippen molar-refractivity contribution in [3.05, 3.63) is 70.5 Å². The van der Waals surface area contributed by atoms with Gasteiger partial charge in [0.15, 0.2) is 5.58 Å². The van der Waals surface area contributed by atoms with Crippen LogP contribution in [0, 0.1) is 6.92 Å². The first-order valence-corrected chi connectivity index (χ1v) is 8.73. The number of phenolic OH excluding ortho intramolecular Hbond substituents is 1. The van der Waals surface area contributed by atoms with Gasteiger partial charge >= 0.3 is 0 Å². The number of pyridine rings is 1. The van der Waals surface area contributed by atoms with E-state index in [1.807, 2.05) is 49.4 Å². The molecule has 0 spiro atoms. The highest BCUT2D eigenvalue weighted by molar-refractivity contribution is 9.10. The summed E-state index contributed by atoms with van der Waals surface area (Å²) < 4.78 is 6.42. The van der Waals surface area contributed by atoms with Gasteiger partial charge in [0.25, 0.3) is 0 Å². The van der Waals surface area contributed by atoms with Crippen LogP contribution in [0.1, 0.15) is 11.1 Å². The minimum atomic E-state index is 0.167. The van der Waals surface area contributed by atoms with E-state index in [1.165, 1.54) is 0 Å². The zero-order valence-corrected chi connectivity index (χ0v) is 15.4. The molecule has 0 bridgehead atoms. The number of aliphatic imine (C=N–C) groups is 1. The van der Waals surface area contributed by atoms with Gasteiger partial charge in [-0.15, -0.1) is 0 Å². The van der Waals surface area contributed by atoms with E-state index >= 15 is 0 Å². The first-order chi connectivity index (χ1) is 12.6. The van der Waals surface area contributed by atoms with Crippen LogP contribution in [-0.2, 0) is 0 Å². The van der Waals surface area contributed by atoms with Crippen molar-refractivity contribution in [2.45, 2.75) is 6.92 Å². The van der Waals surface area contributed by atoms with E-state index in [-0.39, 0.29) is 5.75 Å². The topological polar surface area (TPSA) is 71.5 Å². The molecule has 0 fully saturated rings. The number of aromatic hydroxyl groups is 1. The van der Waals surface area contributed by atoms with Gasteiger partial charge in [-0.05, 0) is 70.9 Å². The number of oxazole rings is 1.